The molecule has 1 aliphatic rings. The molecule has 0 bridgehead atoms. The first-order chi connectivity index (χ1) is 16.0. The zero-order valence-corrected chi connectivity index (χ0v) is 19.5. The maximum absolute atomic E-state index is 14.2. The van der Waals surface area contributed by atoms with Gasteiger partial charge in [-0.3, -0.25) is 24.7 Å². The number of para-hydroxylation sites is 1. The number of amides is 2. The van der Waals surface area contributed by atoms with Gasteiger partial charge in [0.05, 0.1) is 30.3 Å². The molecule has 1 aliphatic heterocycles. The van der Waals surface area contributed by atoms with Crippen LogP contribution in [0.1, 0.15) is 18.3 Å². The van der Waals surface area contributed by atoms with Crippen molar-refractivity contribution in [2.45, 2.75) is 13.5 Å². The molecule has 4 rings (SSSR count). The van der Waals surface area contributed by atoms with Crippen LogP contribution in [0.4, 0.5) is 20.3 Å². The Morgan fingerprint density at radius 1 is 1.21 bits per heavy atom. The quantitative estimate of drug-likeness (QED) is 0.509. The first kappa shape index (κ1) is 23.2. The lowest BCUT2D eigenvalue weighted by atomic mass is 10.3. The fourth-order valence-electron chi connectivity index (χ4n) is 3.23. The molecule has 3 heterocycles. The van der Waals surface area contributed by atoms with Gasteiger partial charge in [-0.1, -0.05) is 12.1 Å². The molecule has 0 unspecified atom stereocenters. The van der Waals surface area contributed by atoms with Gasteiger partial charge in [0.15, 0.2) is 10.3 Å². The zero-order valence-electron chi connectivity index (χ0n) is 17.9. The van der Waals surface area contributed by atoms with Gasteiger partial charge in [-0.25, -0.2) is 14.4 Å². The molecular weight excluding hydrogens is 465 g/mol. The molecule has 1 N–H and O–H groups in total. The third kappa shape index (κ3) is 6.08. The van der Waals surface area contributed by atoms with Crippen LogP contribution < -0.4 is 10.2 Å². The maximum atomic E-state index is 14.2. The maximum Gasteiger partial charge on any atom is 0.250 e. The van der Waals surface area contributed by atoms with Crippen molar-refractivity contribution in [2.75, 3.05) is 36.5 Å². The largest absolute Gasteiger partial charge is 0.379 e. The first-order valence-corrected chi connectivity index (χ1v) is 12.0. The first-order valence-electron chi connectivity index (χ1n) is 10.2. The van der Waals surface area contributed by atoms with Gasteiger partial charge in [0.1, 0.15) is 5.82 Å². The van der Waals surface area contributed by atoms with E-state index in [0.717, 1.165) is 38.5 Å². The summed E-state index contributed by atoms with van der Waals surface area (Å²) < 4.78 is 19.5. The molecular formula is C22H22FN5O3S2. The fraction of sp³-hybridized carbons (Fsp3) is 0.273. The van der Waals surface area contributed by atoms with Crippen molar-refractivity contribution in [3.63, 3.8) is 0 Å². The number of ether oxygens (including phenoxy) is 1. The van der Waals surface area contributed by atoms with E-state index < -0.39 is 5.82 Å². The second-order valence-electron chi connectivity index (χ2n) is 7.22. The average Bonchev–Trinajstić information content (AvgIpc) is 3.44. The molecule has 2 amide bonds. The minimum atomic E-state index is -0.518. The minimum Gasteiger partial charge on any atom is -0.379 e. The Hall–Kier alpha value is -2.99. The number of hydrogen-bond acceptors (Lipinski definition) is 8. The average molecular weight is 488 g/mol. The van der Waals surface area contributed by atoms with Crippen LogP contribution in [0.25, 0.3) is 6.08 Å². The fourth-order valence-corrected chi connectivity index (χ4v) is 4.78. The number of morpholine rings is 1. The lowest BCUT2D eigenvalue weighted by Gasteiger charge is -2.25. The summed E-state index contributed by atoms with van der Waals surface area (Å²) in [5, 5.41) is 7.22. The predicted octanol–water partition coefficient (Wildman–Crippen LogP) is 3.91. The second kappa shape index (κ2) is 10.8. The molecule has 172 valence electrons. The van der Waals surface area contributed by atoms with Crippen LogP contribution >= 0.6 is 22.7 Å². The summed E-state index contributed by atoms with van der Waals surface area (Å²) in [6.07, 6.45) is 2.89. The molecule has 1 saturated heterocycles. The Morgan fingerprint density at radius 3 is 2.76 bits per heavy atom. The zero-order chi connectivity index (χ0) is 23.2. The Balaban J connectivity index is 1.37. The van der Waals surface area contributed by atoms with Crippen molar-refractivity contribution in [3.8, 4) is 0 Å². The Kier molecular flexibility index (Phi) is 7.55. The van der Waals surface area contributed by atoms with E-state index in [-0.39, 0.29) is 17.5 Å². The van der Waals surface area contributed by atoms with Crippen LogP contribution in [-0.4, -0.2) is 53.0 Å². The number of rotatable bonds is 7. The number of benzene rings is 1. The topological polar surface area (TPSA) is 87.7 Å². The highest BCUT2D eigenvalue weighted by Crippen LogP contribution is 2.31. The van der Waals surface area contributed by atoms with Crippen LogP contribution in [0, 0.1) is 5.82 Å². The smallest absolute Gasteiger partial charge is 0.250 e. The Morgan fingerprint density at radius 2 is 2.00 bits per heavy atom. The van der Waals surface area contributed by atoms with Crippen LogP contribution in [0.5, 0.6) is 0 Å². The van der Waals surface area contributed by atoms with E-state index in [1.54, 1.807) is 17.5 Å². The molecule has 0 spiro atoms. The molecule has 1 fully saturated rings. The molecule has 0 atom stereocenters. The lowest BCUT2D eigenvalue weighted by Crippen LogP contribution is -2.35. The SMILES string of the molecule is CC(=O)N(c1nc(/C=C/C(=O)Nc2nc(CN3CCOCC3)cs2)cs1)c1ccccc1F. The van der Waals surface area contributed by atoms with Crippen LogP contribution in [-0.2, 0) is 20.9 Å². The van der Waals surface area contributed by atoms with E-state index in [1.807, 2.05) is 5.38 Å². The summed E-state index contributed by atoms with van der Waals surface area (Å²) in [7, 11) is 0. The third-order valence-electron chi connectivity index (χ3n) is 4.79. The number of hydrogen-bond donors (Lipinski definition) is 1. The van der Waals surface area contributed by atoms with Gasteiger partial charge >= 0.3 is 0 Å². The summed E-state index contributed by atoms with van der Waals surface area (Å²) >= 11 is 2.56. The highest BCUT2D eigenvalue weighted by molar-refractivity contribution is 7.14. The van der Waals surface area contributed by atoms with E-state index in [1.165, 1.54) is 58.8 Å². The lowest BCUT2D eigenvalue weighted by molar-refractivity contribution is -0.116. The third-order valence-corrected chi connectivity index (χ3v) is 6.44. The summed E-state index contributed by atoms with van der Waals surface area (Å²) in [6, 6.07) is 6.01. The van der Waals surface area contributed by atoms with Crippen LogP contribution in [0.15, 0.2) is 41.1 Å². The van der Waals surface area contributed by atoms with E-state index in [4.69, 9.17) is 4.74 Å². The number of nitrogens with zero attached hydrogens (tertiary/aromatic N) is 4. The molecule has 2 aromatic heterocycles. The predicted molar refractivity (Wildman–Crippen MR) is 127 cm³/mol. The summed E-state index contributed by atoms with van der Waals surface area (Å²) in [4.78, 5) is 36.7. The molecule has 3 aromatic rings. The number of carbonyl (C=O) groups is 2. The summed E-state index contributed by atoms with van der Waals surface area (Å²) in [6.45, 7) is 5.26. The van der Waals surface area contributed by atoms with E-state index >= 15 is 0 Å². The van der Waals surface area contributed by atoms with Crippen LogP contribution in [0.3, 0.4) is 0 Å². The van der Waals surface area contributed by atoms with Gasteiger partial charge in [0.2, 0.25) is 11.8 Å². The monoisotopic (exact) mass is 487 g/mol. The number of aromatic nitrogens is 2. The molecule has 0 aliphatic carbocycles. The van der Waals surface area contributed by atoms with Gasteiger partial charge in [0.25, 0.3) is 0 Å². The van der Waals surface area contributed by atoms with E-state index in [9.17, 15) is 14.0 Å². The van der Waals surface area contributed by atoms with Gasteiger partial charge in [-0.2, -0.15) is 0 Å². The number of nitrogens with one attached hydrogen (secondary N) is 1. The van der Waals surface area contributed by atoms with Gasteiger partial charge < -0.3 is 4.74 Å². The Labute approximate surface area is 198 Å². The minimum absolute atomic E-state index is 0.129. The number of carbonyl (C=O) groups excluding carboxylic acids is 2. The number of halogens is 1. The van der Waals surface area contributed by atoms with Crippen molar-refractivity contribution in [1.29, 1.82) is 0 Å². The normalized spacial score (nSPS) is 14.5. The number of anilines is 3. The van der Waals surface area contributed by atoms with Crippen LogP contribution in [0.2, 0.25) is 0 Å². The van der Waals surface area contributed by atoms with Crippen molar-refractivity contribution in [1.82, 2.24) is 14.9 Å². The molecule has 1 aromatic carbocycles. The van der Waals surface area contributed by atoms with Gasteiger partial charge in [-0.15, -0.1) is 22.7 Å². The van der Waals surface area contributed by atoms with Crippen molar-refractivity contribution < 1.29 is 18.7 Å². The standard InChI is InChI=1S/C22H22FN5O3S2/c1-15(29)28(19-5-3-2-4-18(19)23)22-25-16(13-33-22)6-7-20(30)26-21-24-17(14-32-21)12-27-8-10-31-11-9-27/h2-7,13-14H,8-12H2,1H3,(H,24,26,30)/b7-6+. The summed E-state index contributed by atoms with van der Waals surface area (Å²) in [5.74, 6) is -1.22. The molecule has 33 heavy (non-hydrogen) atoms. The van der Waals surface area contributed by atoms with Crippen molar-refractivity contribution >= 4 is 56.5 Å². The second-order valence-corrected chi connectivity index (χ2v) is 8.91. The Bertz CT molecular complexity index is 1160. The molecule has 11 heteroatoms. The highest BCUT2D eigenvalue weighted by Gasteiger charge is 2.20. The van der Waals surface area contributed by atoms with E-state index in [0.29, 0.717) is 16.0 Å². The van der Waals surface area contributed by atoms with E-state index in [2.05, 4.69) is 20.2 Å². The molecule has 8 nitrogen and oxygen atoms in total. The molecule has 0 saturated carbocycles. The van der Waals surface area contributed by atoms with Crippen molar-refractivity contribution in [3.05, 3.63) is 58.3 Å². The van der Waals surface area contributed by atoms with Gasteiger partial charge in [-0.05, 0) is 18.2 Å². The molecule has 0 radical (unpaired) electrons. The number of thiazole rings is 2. The van der Waals surface area contributed by atoms with Crippen molar-refractivity contribution in [2.24, 2.45) is 0 Å². The highest BCUT2D eigenvalue weighted by atomic mass is 32.1. The van der Waals surface area contributed by atoms with Gasteiger partial charge in [0, 0.05) is 43.4 Å². The summed E-state index contributed by atoms with van der Waals surface area (Å²) in [5.41, 5.74) is 1.52.